The van der Waals surface area contributed by atoms with E-state index in [1.807, 2.05) is 55.5 Å². The SMILES string of the molecule is CCOc1cc(/C=N/NC(=O)C2C3CCCCC32C)ccc1OCc1ccccc1. The molecule has 2 aliphatic rings. The third-order valence-corrected chi connectivity index (χ3v) is 6.51. The summed E-state index contributed by atoms with van der Waals surface area (Å²) in [7, 11) is 0. The largest absolute Gasteiger partial charge is 0.490 e. The minimum Gasteiger partial charge on any atom is -0.490 e. The Balaban J connectivity index is 1.36. The second kappa shape index (κ2) is 8.90. The third-order valence-electron chi connectivity index (χ3n) is 6.51. The van der Waals surface area contributed by atoms with Crippen LogP contribution in [0.4, 0.5) is 0 Å². The summed E-state index contributed by atoms with van der Waals surface area (Å²) in [5.41, 5.74) is 4.89. The lowest BCUT2D eigenvalue weighted by Gasteiger charge is -2.15. The van der Waals surface area contributed by atoms with Gasteiger partial charge in [0.2, 0.25) is 5.91 Å². The maximum absolute atomic E-state index is 12.5. The maximum Gasteiger partial charge on any atom is 0.244 e. The Hall–Kier alpha value is -2.82. The Bertz CT molecular complexity index is 912. The highest BCUT2D eigenvalue weighted by atomic mass is 16.5. The molecular weight excluding hydrogens is 376 g/mol. The fourth-order valence-corrected chi connectivity index (χ4v) is 4.82. The van der Waals surface area contributed by atoms with Gasteiger partial charge < -0.3 is 9.47 Å². The molecule has 0 bridgehead atoms. The molecule has 1 N–H and O–H groups in total. The van der Waals surface area contributed by atoms with Crippen LogP contribution in [0.5, 0.6) is 11.5 Å². The maximum atomic E-state index is 12.5. The molecule has 2 aromatic carbocycles. The van der Waals surface area contributed by atoms with Gasteiger partial charge in [-0.05, 0) is 60.4 Å². The molecule has 30 heavy (non-hydrogen) atoms. The average Bonchev–Trinajstić information content (AvgIpc) is 3.39. The zero-order chi connectivity index (χ0) is 21.0. The second-order valence-electron chi connectivity index (χ2n) is 8.48. The standard InChI is InChI=1S/C25H30N2O3/c1-3-29-22-15-19(12-13-21(22)30-17-18-9-5-4-6-10-18)16-26-27-24(28)23-20-11-7-8-14-25(20,23)2/h4-6,9-10,12-13,15-16,20,23H,3,7-8,11,14,17H2,1-2H3,(H,27,28)/b26-16+. The van der Waals surface area contributed by atoms with E-state index in [2.05, 4.69) is 17.5 Å². The fourth-order valence-electron chi connectivity index (χ4n) is 4.82. The molecule has 0 radical (unpaired) electrons. The number of amides is 1. The molecule has 1 amide bonds. The van der Waals surface area contributed by atoms with Crippen molar-refractivity contribution in [1.29, 1.82) is 0 Å². The van der Waals surface area contributed by atoms with Gasteiger partial charge in [0.05, 0.1) is 12.8 Å². The van der Waals surface area contributed by atoms with Crippen LogP contribution in [0.3, 0.4) is 0 Å². The van der Waals surface area contributed by atoms with E-state index in [9.17, 15) is 4.79 Å². The lowest BCUT2D eigenvalue weighted by Crippen LogP contribution is -2.22. The van der Waals surface area contributed by atoms with Crippen molar-refractivity contribution in [1.82, 2.24) is 5.43 Å². The van der Waals surface area contributed by atoms with E-state index in [-0.39, 0.29) is 17.2 Å². The minimum atomic E-state index is 0.0495. The van der Waals surface area contributed by atoms with Crippen molar-refractivity contribution in [3.05, 3.63) is 59.7 Å². The number of nitrogens with one attached hydrogen (secondary N) is 1. The van der Waals surface area contributed by atoms with Crippen molar-refractivity contribution in [3.8, 4) is 11.5 Å². The van der Waals surface area contributed by atoms with Crippen LogP contribution in [0.2, 0.25) is 0 Å². The van der Waals surface area contributed by atoms with Crippen molar-refractivity contribution >= 4 is 12.1 Å². The molecule has 3 unspecified atom stereocenters. The van der Waals surface area contributed by atoms with Gasteiger partial charge in [0.15, 0.2) is 11.5 Å². The topological polar surface area (TPSA) is 59.9 Å². The quantitative estimate of drug-likeness (QED) is 0.499. The van der Waals surface area contributed by atoms with Crippen LogP contribution in [0.15, 0.2) is 53.6 Å². The summed E-state index contributed by atoms with van der Waals surface area (Å²) in [5.74, 6) is 2.06. The van der Waals surface area contributed by atoms with Crippen LogP contribution in [0.1, 0.15) is 50.7 Å². The molecule has 4 rings (SSSR count). The lowest BCUT2D eigenvalue weighted by atomic mass is 9.90. The normalized spacial score (nSPS) is 24.9. The summed E-state index contributed by atoms with van der Waals surface area (Å²) in [5, 5.41) is 4.20. The number of benzene rings is 2. The molecule has 0 saturated heterocycles. The molecule has 2 fully saturated rings. The van der Waals surface area contributed by atoms with Gasteiger partial charge in [-0.25, -0.2) is 5.43 Å². The van der Waals surface area contributed by atoms with E-state index in [1.165, 1.54) is 19.3 Å². The van der Waals surface area contributed by atoms with Gasteiger partial charge in [0.25, 0.3) is 0 Å². The van der Waals surface area contributed by atoms with Gasteiger partial charge in [-0.1, -0.05) is 50.1 Å². The smallest absolute Gasteiger partial charge is 0.244 e. The molecule has 158 valence electrons. The number of carbonyl (C=O) groups excluding carboxylic acids is 1. The Kier molecular flexibility index (Phi) is 6.07. The number of nitrogens with zero attached hydrogens (tertiary/aromatic N) is 1. The zero-order valence-corrected chi connectivity index (χ0v) is 17.8. The molecule has 5 nitrogen and oxygen atoms in total. The van der Waals surface area contributed by atoms with Crippen molar-refractivity contribution in [2.75, 3.05) is 6.61 Å². The summed E-state index contributed by atoms with van der Waals surface area (Å²) >= 11 is 0. The lowest BCUT2D eigenvalue weighted by molar-refractivity contribution is -0.123. The van der Waals surface area contributed by atoms with Gasteiger partial charge in [-0.3, -0.25) is 4.79 Å². The Morgan fingerprint density at radius 2 is 2.00 bits per heavy atom. The summed E-state index contributed by atoms with van der Waals surface area (Å²) < 4.78 is 11.7. The fraction of sp³-hybridized carbons (Fsp3) is 0.440. The van der Waals surface area contributed by atoms with Gasteiger partial charge in [0, 0.05) is 5.92 Å². The van der Waals surface area contributed by atoms with Crippen molar-refractivity contribution in [2.24, 2.45) is 22.4 Å². The van der Waals surface area contributed by atoms with E-state index in [1.54, 1.807) is 6.21 Å². The molecule has 2 aromatic rings. The van der Waals surface area contributed by atoms with Crippen LogP contribution in [0.25, 0.3) is 0 Å². The van der Waals surface area contributed by atoms with Gasteiger partial charge in [-0.15, -0.1) is 0 Å². The molecule has 0 heterocycles. The van der Waals surface area contributed by atoms with Crippen molar-refractivity contribution < 1.29 is 14.3 Å². The first-order valence-electron chi connectivity index (χ1n) is 10.9. The summed E-state index contributed by atoms with van der Waals surface area (Å²) in [6, 6.07) is 15.7. The molecule has 0 spiro atoms. The van der Waals surface area contributed by atoms with E-state index in [0.717, 1.165) is 17.5 Å². The number of carbonyl (C=O) groups is 1. The van der Waals surface area contributed by atoms with Crippen LogP contribution in [-0.4, -0.2) is 18.7 Å². The molecular formula is C25H30N2O3. The van der Waals surface area contributed by atoms with Gasteiger partial charge >= 0.3 is 0 Å². The minimum absolute atomic E-state index is 0.0495. The first-order chi connectivity index (χ1) is 14.6. The highest BCUT2D eigenvalue weighted by Gasteiger charge is 2.64. The van der Waals surface area contributed by atoms with Gasteiger partial charge in [-0.2, -0.15) is 5.10 Å². The number of hydrogen-bond acceptors (Lipinski definition) is 4. The van der Waals surface area contributed by atoms with E-state index >= 15 is 0 Å². The predicted molar refractivity (Wildman–Crippen MR) is 118 cm³/mol. The summed E-state index contributed by atoms with van der Waals surface area (Å²) in [6.07, 6.45) is 6.46. The number of rotatable bonds is 8. The Morgan fingerprint density at radius 1 is 1.17 bits per heavy atom. The Morgan fingerprint density at radius 3 is 2.73 bits per heavy atom. The second-order valence-corrected chi connectivity index (χ2v) is 8.48. The van der Waals surface area contributed by atoms with Gasteiger partial charge in [0.1, 0.15) is 6.61 Å². The first kappa shape index (κ1) is 20.5. The predicted octanol–water partition coefficient (Wildman–Crippen LogP) is 4.94. The summed E-state index contributed by atoms with van der Waals surface area (Å²) in [4.78, 5) is 12.5. The van der Waals surface area contributed by atoms with E-state index in [4.69, 9.17) is 9.47 Å². The molecule has 5 heteroatoms. The van der Waals surface area contributed by atoms with Crippen molar-refractivity contribution in [3.63, 3.8) is 0 Å². The van der Waals surface area contributed by atoms with Crippen LogP contribution in [-0.2, 0) is 11.4 Å². The van der Waals surface area contributed by atoms with E-state index < -0.39 is 0 Å². The Labute approximate surface area is 178 Å². The average molecular weight is 407 g/mol. The molecule has 2 saturated carbocycles. The van der Waals surface area contributed by atoms with Crippen LogP contribution >= 0.6 is 0 Å². The zero-order valence-electron chi connectivity index (χ0n) is 17.8. The summed E-state index contributed by atoms with van der Waals surface area (Å²) in [6.45, 7) is 5.21. The highest BCUT2D eigenvalue weighted by molar-refractivity contribution is 5.86. The first-order valence-corrected chi connectivity index (χ1v) is 10.9. The highest BCUT2D eigenvalue weighted by Crippen LogP contribution is 2.66. The molecule has 3 atom stereocenters. The van der Waals surface area contributed by atoms with Crippen LogP contribution in [0, 0.1) is 17.3 Å². The van der Waals surface area contributed by atoms with Crippen LogP contribution < -0.4 is 14.9 Å². The number of hydrogen-bond donors (Lipinski definition) is 1. The van der Waals surface area contributed by atoms with Crippen molar-refractivity contribution in [2.45, 2.75) is 46.1 Å². The third kappa shape index (κ3) is 4.35. The molecule has 0 aliphatic heterocycles. The number of ether oxygens (including phenoxy) is 2. The number of fused-ring (bicyclic) bond motifs is 1. The monoisotopic (exact) mass is 406 g/mol. The van der Waals surface area contributed by atoms with E-state index in [0.29, 0.717) is 30.6 Å². The molecule has 0 aromatic heterocycles. The number of hydrazone groups is 1. The molecule has 2 aliphatic carbocycles.